The van der Waals surface area contributed by atoms with Gasteiger partial charge < -0.3 is 10.3 Å². The van der Waals surface area contributed by atoms with Crippen LogP contribution in [0.5, 0.6) is 0 Å². The van der Waals surface area contributed by atoms with Gasteiger partial charge in [-0.3, -0.25) is 0 Å². The molecule has 1 spiro atoms. The summed E-state index contributed by atoms with van der Waals surface area (Å²) in [7, 11) is 0. The molecule has 0 radical (unpaired) electrons. The highest BCUT2D eigenvalue weighted by molar-refractivity contribution is 6.35. The van der Waals surface area contributed by atoms with Crippen molar-refractivity contribution >= 4 is 28.3 Å². The third kappa shape index (κ3) is 2.27. The van der Waals surface area contributed by atoms with E-state index in [9.17, 15) is 10.5 Å². The molecule has 6 heteroatoms. The van der Waals surface area contributed by atoms with Crippen molar-refractivity contribution in [3.63, 3.8) is 0 Å². The van der Waals surface area contributed by atoms with Gasteiger partial charge in [0.15, 0.2) is 0 Å². The highest BCUT2D eigenvalue weighted by atomic mass is 35.5. The number of fused-ring (bicyclic) bond motifs is 3. The molecule has 2 N–H and O–H groups in total. The zero-order valence-electron chi connectivity index (χ0n) is 15.4. The predicted molar refractivity (Wildman–Crippen MR) is 109 cm³/mol. The number of aromatic nitrogens is 2. The van der Waals surface area contributed by atoms with E-state index in [0.717, 1.165) is 59.2 Å². The molecule has 0 amide bonds. The van der Waals surface area contributed by atoms with Crippen LogP contribution in [0, 0.1) is 28.1 Å². The smallest absolute Gasteiger partial charge is 0.131 e. The Labute approximate surface area is 168 Å². The maximum atomic E-state index is 9.61. The molecule has 1 aliphatic heterocycles. The van der Waals surface area contributed by atoms with E-state index in [1.807, 2.05) is 25.3 Å². The summed E-state index contributed by atoms with van der Waals surface area (Å²) in [5.74, 6) is 0.827. The van der Waals surface area contributed by atoms with Gasteiger partial charge in [-0.1, -0.05) is 11.6 Å². The summed E-state index contributed by atoms with van der Waals surface area (Å²) in [5.41, 5.74) is 3.92. The van der Waals surface area contributed by atoms with E-state index in [4.69, 9.17) is 11.6 Å². The average Bonchev–Trinajstić information content (AvgIpc) is 3.39. The highest BCUT2D eigenvalue weighted by Crippen LogP contribution is 2.57. The Morgan fingerprint density at radius 2 is 2.07 bits per heavy atom. The van der Waals surface area contributed by atoms with Crippen molar-refractivity contribution in [2.75, 3.05) is 11.9 Å². The minimum Gasteiger partial charge on any atom is -0.369 e. The molecular weight excluding hydrogens is 370 g/mol. The van der Waals surface area contributed by atoms with E-state index >= 15 is 0 Å². The monoisotopic (exact) mass is 387 g/mol. The van der Waals surface area contributed by atoms with Gasteiger partial charge in [-0.25, -0.2) is 4.98 Å². The van der Waals surface area contributed by atoms with Crippen LogP contribution >= 0.6 is 11.6 Å². The van der Waals surface area contributed by atoms with Crippen LogP contribution in [0.3, 0.4) is 0 Å². The quantitative estimate of drug-likeness (QED) is 0.605. The molecule has 3 heterocycles. The van der Waals surface area contributed by atoms with Crippen molar-refractivity contribution in [3.8, 4) is 23.3 Å². The number of benzene rings is 1. The van der Waals surface area contributed by atoms with E-state index in [1.54, 1.807) is 12.3 Å². The van der Waals surface area contributed by atoms with Gasteiger partial charge in [0, 0.05) is 51.9 Å². The molecule has 5 nitrogen and oxygen atoms in total. The summed E-state index contributed by atoms with van der Waals surface area (Å²) < 4.78 is 0. The van der Waals surface area contributed by atoms with Crippen LogP contribution < -0.4 is 5.32 Å². The van der Waals surface area contributed by atoms with Gasteiger partial charge in [-0.05, 0) is 44.4 Å². The van der Waals surface area contributed by atoms with Crippen LogP contribution in [0.15, 0.2) is 30.6 Å². The van der Waals surface area contributed by atoms with Crippen molar-refractivity contribution in [2.24, 2.45) is 5.41 Å². The van der Waals surface area contributed by atoms with Gasteiger partial charge in [0.1, 0.15) is 5.82 Å². The van der Waals surface area contributed by atoms with Crippen molar-refractivity contribution in [1.29, 1.82) is 10.5 Å². The van der Waals surface area contributed by atoms with Gasteiger partial charge in [0.2, 0.25) is 0 Å². The maximum absolute atomic E-state index is 9.61. The number of H-pyrrole nitrogens is 1. The third-order valence-electron chi connectivity index (χ3n) is 6.39. The topological polar surface area (TPSA) is 88.3 Å². The van der Waals surface area contributed by atoms with Gasteiger partial charge in [0.05, 0.1) is 28.1 Å². The lowest BCUT2D eigenvalue weighted by Crippen LogP contribution is -2.27. The molecule has 1 saturated carbocycles. The Morgan fingerprint density at radius 1 is 1.21 bits per heavy atom. The second-order valence-electron chi connectivity index (χ2n) is 8.27. The minimum atomic E-state index is -0.328. The highest BCUT2D eigenvalue weighted by Gasteiger charge is 2.52. The molecular formula is C22H18ClN5. The molecule has 1 fully saturated rings. The number of rotatable bonds is 1. The second kappa shape index (κ2) is 5.74. The zero-order valence-corrected chi connectivity index (χ0v) is 16.2. The third-order valence-corrected chi connectivity index (χ3v) is 6.79. The number of aromatic amines is 1. The number of hydrogen-bond acceptors (Lipinski definition) is 4. The van der Waals surface area contributed by atoms with Crippen LogP contribution in [-0.4, -0.2) is 16.5 Å². The van der Waals surface area contributed by atoms with E-state index in [-0.39, 0.29) is 10.8 Å². The van der Waals surface area contributed by atoms with E-state index in [0.29, 0.717) is 10.6 Å². The van der Waals surface area contributed by atoms with Gasteiger partial charge in [-0.15, -0.1) is 0 Å². The molecule has 2 aliphatic rings. The van der Waals surface area contributed by atoms with Crippen molar-refractivity contribution in [3.05, 3.63) is 46.7 Å². The number of pyridine rings is 1. The SMILES string of the molecule is C[C@]1(C#N)CC[C@]2(CNc3ncc(-c4c[nH]c5ccc(C#N)cc45)c(Cl)c32)C1. The van der Waals surface area contributed by atoms with Crippen molar-refractivity contribution in [2.45, 2.75) is 31.6 Å². The van der Waals surface area contributed by atoms with Crippen molar-refractivity contribution < 1.29 is 0 Å². The first-order valence-electron chi connectivity index (χ1n) is 9.34. The Morgan fingerprint density at radius 3 is 2.82 bits per heavy atom. The minimum absolute atomic E-state index is 0.149. The standard InChI is InChI=1S/C22H18ClN5/c1-21(11-25)4-5-22(10-21)12-28-20-18(22)19(23)16(9-27-20)15-8-26-17-3-2-13(7-24)6-14(15)17/h2-3,6,8-9,26H,4-5,10,12H2,1H3,(H,27,28)/t21-,22+/m0/s1. The fourth-order valence-corrected chi connectivity index (χ4v) is 5.39. The fraction of sp³-hybridized carbons (Fsp3) is 0.318. The molecule has 3 aromatic rings. The number of hydrogen-bond donors (Lipinski definition) is 2. The lowest BCUT2D eigenvalue weighted by atomic mass is 9.77. The Bertz CT molecular complexity index is 1210. The normalized spacial score (nSPS) is 25.4. The first-order valence-corrected chi connectivity index (χ1v) is 9.72. The van der Waals surface area contributed by atoms with Crippen LogP contribution in [0.4, 0.5) is 5.82 Å². The van der Waals surface area contributed by atoms with Crippen LogP contribution in [0.1, 0.15) is 37.3 Å². The first-order chi connectivity index (χ1) is 13.5. The first kappa shape index (κ1) is 17.1. The van der Waals surface area contributed by atoms with E-state index < -0.39 is 0 Å². The number of nitrogens with one attached hydrogen (secondary N) is 2. The summed E-state index contributed by atoms with van der Waals surface area (Å²) in [4.78, 5) is 7.92. The lowest BCUT2D eigenvalue weighted by molar-refractivity contribution is 0.404. The van der Waals surface area contributed by atoms with Crippen LogP contribution in [0.2, 0.25) is 5.02 Å². The summed E-state index contributed by atoms with van der Waals surface area (Å²) in [6, 6.07) is 10.3. The van der Waals surface area contributed by atoms with Crippen LogP contribution in [0.25, 0.3) is 22.0 Å². The Kier molecular flexibility index (Phi) is 3.50. The van der Waals surface area contributed by atoms with Gasteiger partial charge >= 0.3 is 0 Å². The summed E-state index contributed by atoms with van der Waals surface area (Å²) in [5, 5.41) is 23.9. The Balaban J connectivity index is 1.69. The summed E-state index contributed by atoms with van der Waals surface area (Å²) in [6.07, 6.45) is 6.30. The number of nitrogens with zero attached hydrogens (tertiary/aromatic N) is 3. The number of anilines is 1. The molecule has 2 atom stereocenters. The molecule has 5 rings (SSSR count). The molecule has 2 aromatic heterocycles. The maximum Gasteiger partial charge on any atom is 0.131 e. The molecule has 0 saturated heterocycles. The second-order valence-corrected chi connectivity index (χ2v) is 8.65. The van der Waals surface area contributed by atoms with Gasteiger partial charge in [-0.2, -0.15) is 10.5 Å². The molecule has 0 unspecified atom stereocenters. The van der Waals surface area contributed by atoms with E-state index in [1.165, 1.54) is 0 Å². The molecule has 138 valence electrons. The van der Waals surface area contributed by atoms with E-state index in [2.05, 4.69) is 27.4 Å². The predicted octanol–water partition coefficient (Wildman–Crippen LogP) is 5.13. The fourth-order valence-electron chi connectivity index (χ4n) is 4.95. The largest absolute Gasteiger partial charge is 0.369 e. The number of halogens is 1. The Hall–Kier alpha value is -3.02. The molecule has 28 heavy (non-hydrogen) atoms. The molecule has 1 aromatic carbocycles. The average molecular weight is 388 g/mol. The number of nitriles is 2. The molecule has 1 aliphatic carbocycles. The molecule has 0 bridgehead atoms. The summed E-state index contributed by atoms with van der Waals surface area (Å²) >= 11 is 6.98. The van der Waals surface area contributed by atoms with Crippen LogP contribution in [-0.2, 0) is 5.41 Å². The van der Waals surface area contributed by atoms with Crippen molar-refractivity contribution in [1.82, 2.24) is 9.97 Å². The lowest BCUT2D eigenvalue weighted by Gasteiger charge is -2.26. The zero-order chi connectivity index (χ0) is 19.5. The summed E-state index contributed by atoms with van der Waals surface area (Å²) in [6.45, 7) is 2.80. The van der Waals surface area contributed by atoms with Gasteiger partial charge in [0.25, 0.3) is 0 Å².